The molecule has 2 fully saturated rings. The summed E-state index contributed by atoms with van der Waals surface area (Å²) in [5.41, 5.74) is 0.384. The Morgan fingerprint density at radius 2 is 2.00 bits per heavy atom. The largest absolute Gasteiger partial charge is 0.490 e. The minimum absolute atomic E-state index is 0.000499. The molecule has 0 bridgehead atoms. The third kappa shape index (κ3) is 7.14. The fourth-order valence-corrected chi connectivity index (χ4v) is 4.75. The van der Waals surface area contributed by atoms with E-state index in [1.54, 1.807) is 23.1 Å². The van der Waals surface area contributed by atoms with Crippen molar-refractivity contribution in [3.8, 4) is 5.75 Å². The normalized spacial score (nSPS) is 19.1. The summed E-state index contributed by atoms with van der Waals surface area (Å²) in [4.78, 5) is 39.4. The van der Waals surface area contributed by atoms with Crippen LogP contribution in [0.3, 0.4) is 0 Å². The number of piperazine rings is 1. The van der Waals surface area contributed by atoms with E-state index in [-0.39, 0.29) is 29.6 Å². The van der Waals surface area contributed by atoms with E-state index in [9.17, 15) is 14.4 Å². The Hall–Kier alpha value is -2.20. The van der Waals surface area contributed by atoms with Crippen LogP contribution in [0.25, 0.3) is 0 Å². The Balaban J connectivity index is 1.62. The van der Waals surface area contributed by atoms with E-state index in [2.05, 4.69) is 26.6 Å². The maximum atomic E-state index is 12.8. The number of ether oxygens (including phenoxy) is 2. The molecule has 10 heteroatoms. The second-order valence-electron chi connectivity index (χ2n) is 8.53. The number of rotatable bonds is 6. The van der Waals surface area contributed by atoms with Crippen LogP contribution in [0.4, 0.5) is 0 Å². The van der Waals surface area contributed by atoms with Crippen LogP contribution in [0.5, 0.6) is 5.75 Å². The van der Waals surface area contributed by atoms with Crippen molar-refractivity contribution in [1.29, 1.82) is 0 Å². The lowest BCUT2D eigenvalue weighted by molar-refractivity contribution is -0.153. The van der Waals surface area contributed by atoms with Crippen LogP contribution < -0.4 is 15.4 Å². The lowest BCUT2D eigenvalue weighted by Gasteiger charge is -2.36. The Morgan fingerprint density at radius 3 is 2.67 bits per heavy atom. The third-order valence-corrected chi connectivity index (χ3v) is 6.54. The van der Waals surface area contributed by atoms with Gasteiger partial charge < -0.3 is 19.7 Å². The van der Waals surface area contributed by atoms with Gasteiger partial charge in [0.15, 0.2) is 5.11 Å². The molecule has 3 rings (SSSR count). The van der Waals surface area contributed by atoms with Crippen molar-refractivity contribution in [3.63, 3.8) is 0 Å². The van der Waals surface area contributed by atoms with Gasteiger partial charge in [0.2, 0.25) is 5.91 Å². The van der Waals surface area contributed by atoms with Crippen LogP contribution in [0.1, 0.15) is 62.7 Å². The molecule has 1 aliphatic carbocycles. The SMILES string of the molecule is CC(C)Oc1ccc(C(=O)NC(=S)N2CCNC(=O)C2CC(=O)OC2CCCCC2)cc1Br. The number of amides is 2. The van der Waals surface area contributed by atoms with E-state index in [4.69, 9.17) is 21.7 Å². The van der Waals surface area contributed by atoms with Crippen molar-refractivity contribution in [1.82, 2.24) is 15.5 Å². The third-order valence-electron chi connectivity index (χ3n) is 5.58. The van der Waals surface area contributed by atoms with Crippen LogP contribution in [0, 0.1) is 0 Å². The molecule has 8 nitrogen and oxygen atoms in total. The first-order valence-electron chi connectivity index (χ1n) is 11.3. The van der Waals surface area contributed by atoms with Crippen molar-refractivity contribution in [2.75, 3.05) is 13.1 Å². The highest BCUT2D eigenvalue weighted by molar-refractivity contribution is 9.10. The highest BCUT2D eigenvalue weighted by atomic mass is 79.9. The molecule has 2 amide bonds. The summed E-state index contributed by atoms with van der Waals surface area (Å²) in [6.45, 7) is 4.59. The molecule has 1 saturated heterocycles. The van der Waals surface area contributed by atoms with E-state index in [1.807, 2.05) is 13.8 Å². The average Bonchev–Trinajstić information content (AvgIpc) is 2.76. The lowest BCUT2D eigenvalue weighted by Crippen LogP contribution is -2.60. The quantitative estimate of drug-likeness (QED) is 0.422. The van der Waals surface area contributed by atoms with Gasteiger partial charge in [0.25, 0.3) is 5.91 Å². The first-order chi connectivity index (χ1) is 15.7. The van der Waals surface area contributed by atoms with Gasteiger partial charge in [-0.15, -0.1) is 0 Å². The Labute approximate surface area is 207 Å². The molecule has 1 aromatic carbocycles. The summed E-state index contributed by atoms with van der Waals surface area (Å²) in [7, 11) is 0. The van der Waals surface area contributed by atoms with Gasteiger partial charge in [0.05, 0.1) is 17.0 Å². The summed E-state index contributed by atoms with van der Waals surface area (Å²) >= 11 is 8.85. The highest BCUT2D eigenvalue weighted by Gasteiger charge is 2.35. The zero-order valence-corrected chi connectivity index (χ0v) is 21.3. The Morgan fingerprint density at radius 1 is 1.27 bits per heavy atom. The molecule has 180 valence electrons. The van der Waals surface area contributed by atoms with Gasteiger partial charge in [0, 0.05) is 18.7 Å². The van der Waals surface area contributed by atoms with E-state index in [0.29, 0.717) is 28.9 Å². The minimum Gasteiger partial charge on any atom is -0.490 e. The molecule has 2 N–H and O–H groups in total. The topological polar surface area (TPSA) is 97.0 Å². The van der Waals surface area contributed by atoms with Crippen molar-refractivity contribution in [3.05, 3.63) is 28.2 Å². The Kier molecular flexibility index (Phi) is 9.08. The molecule has 1 heterocycles. The van der Waals surface area contributed by atoms with Gasteiger partial charge >= 0.3 is 5.97 Å². The lowest BCUT2D eigenvalue weighted by atomic mass is 9.98. The average molecular weight is 540 g/mol. The number of hydrogen-bond donors (Lipinski definition) is 2. The summed E-state index contributed by atoms with van der Waals surface area (Å²) in [6, 6.07) is 4.18. The predicted octanol–water partition coefficient (Wildman–Crippen LogP) is 3.32. The second kappa shape index (κ2) is 11.8. The fraction of sp³-hybridized carbons (Fsp3) is 0.565. The van der Waals surface area contributed by atoms with Crippen molar-refractivity contribution in [2.45, 2.75) is 70.6 Å². The number of nitrogens with zero attached hydrogens (tertiary/aromatic N) is 1. The summed E-state index contributed by atoms with van der Waals surface area (Å²) in [5, 5.41) is 5.54. The molecule has 1 aromatic rings. The summed E-state index contributed by atoms with van der Waals surface area (Å²) in [6.07, 6.45) is 4.76. The minimum atomic E-state index is -0.823. The van der Waals surface area contributed by atoms with Crippen molar-refractivity contribution in [2.24, 2.45) is 0 Å². The molecule has 0 spiro atoms. The first kappa shape index (κ1) is 25.4. The maximum Gasteiger partial charge on any atom is 0.308 e. The maximum absolute atomic E-state index is 12.8. The zero-order chi connectivity index (χ0) is 24.0. The number of halogens is 1. The monoisotopic (exact) mass is 539 g/mol. The molecule has 1 unspecified atom stereocenters. The number of nitrogens with one attached hydrogen (secondary N) is 2. The standard InChI is InChI=1S/C23H30BrN3O5S/c1-14(2)31-19-9-8-15(12-17(19)24)21(29)26-23(33)27-11-10-25-22(30)18(27)13-20(28)32-16-6-4-3-5-7-16/h8-9,12,14,16,18H,3-7,10-11,13H2,1-2H3,(H,25,30)(H,26,29,33). The smallest absolute Gasteiger partial charge is 0.308 e. The summed E-state index contributed by atoms with van der Waals surface area (Å²) < 4.78 is 11.9. The van der Waals surface area contributed by atoms with Crippen LogP contribution in [0.15, 0.2) is 22.7 Å². The van der Waals surface area contributed by atoms with Crippen LogP contribution >= 0.6 is 28.1 Å². The Bertz CT molecular complexity index is 904. The zero-order valence-electron chi connectivity index (χ0n) is 18.9. The molecular formula is C23H30BrN3O5S. The number of hydrogen-bond acceptors (Lipinski definition) is 6. The molecule has 0 radical (unpaired) electrons. The van der Waals surface area contributed by atoms with Crippen LogP contribution in [0.2, 0.25) is 0 Å². The molecule has 1 aliphatic heterocycles. The molecule has 1 saturated carbocycles. The molecule has 2 aliphatic rings. The van der Waals surface area contributed by atoms with E-state index >= 15 is 0 Å². The van der Waals surface area contributed by atoms with Gasteiger partial charge in [-0.1, -0.05) is 6.42 Å². The molecular weight excluding hydrogens is 510 g/mol. The van der Waals surface area contributed by atoms with Crippen molar-refractivity contribution >= 4 is 51.0 Å². The number of esters is 1. The van der Waals surface area contributed by atoms with E-state index in [0.717, 1.165) is 32.1 Å². The van der Waals surface area contributed by atoms with Crippen LogP contribution in [-0.4, -0.2) is 59.1 Å². The van der Waals surface area contributed by atoms with Crippen LogP contribution in [-0.2, 0) is 14.3 Å². The van der Waals surface area contributed by atoms with Gasteiger partial charge in [-0.25, -0.2) is 0 Å². The molecule has 33 heavy (non-hydrogen) atoms. The van der Waals surface area contributed by atoms with Gasteiger partial charge in [-0.05, 0) is 85.9 Å². The molecule has 0 aromatic heterocycles. The van der Waals surface area contributed by atoms with E-state index < -0.39 is 17.9 Å². The fourth-order valence-electron chi connectivity index (χ4n) is 3.97. The van der Waals surface area contributed by atoms with Crippen molar-refractivity contribution < 1.29 is 23.9 Å². The van der Waals surface area contributed by atoms with Gasteiger partial charge in [0.1, 0.15) is 17.9 Å². The number of thiocarbonyl (C=S) groups is 1. The number of carbonyl (C=O) groups excluding carboxylic acids is 3. The molecule has 1 atom stereocenters. The first-order valence-corrected chi connectivity index (χ1v) is 12.5. The number of benzene rings is 1. The second-order valence-corrected chi connectivity index (χ2v) is 9.77. The highest BCUT2D eigenvalue weighted by Crippen LogP contribution is 2.27. The van der Waals surface area contributed by atoms with Gasteiger partial charge in [-0.2, -0.15) is 0 Å². The van der Waals surface area contributed by atoms with E-state index in [1.165, 1.54) is 0 Å². The summed E-state index contributed by atoms with van der Waals surface area (Å²) in [5.74, 6) is -0.510. The number of carbonyl (C=O) groups is 3. The predicted molar refractivity (Wildman–Crippen MR) is 131 cm³/mol. The van der Waals surface area contributed by atoms with Gasteiger partial charge in [-0.3, -0.25) is 19.7 Å².